The number of rotatable bonds is 4. The lowest BCUT2D eigenvalue weighted by Crippen LogP contribution is -2.57. The number of benzene rings is 1. The van der Waals surface area contributed by atoms with Crippen LogP contribution in [0.5, 0.6) is 5.75 Å². The molecule has 1 aliphatic rings. The van der Waals surface area contributed by atoms with Crippen LogP contribution in [0.1, 0.15) is 26.7 Å². The van der Waals surface area contributed by atoms with Gasteiger partial charge in [0.1, 0.15) is 5.75 Å². The summed E-state index contributed by atoms with van der Waals surface area (Å²) in [6.07, 6.45) is 1.23. The molecule has 0 bridgehead atoms. The average molecular weight is 278 g/mol. The largest absolute Gasteiger partial charge is 0.475 e. The fourth-order valence-electron chi connectivity index (χ4n) is 2.39. The molecule has 1 amide bonds. The molecule has 5 heteroatoms. The maximum absolute atomic E-state index is 12.7. The number of carbonyl (C=O) groups excluding carboxylic acids is 1. The van der Waals surface area contributed by atoms with Crippen LogP contribution in [0, 0.1) is 0 Å². The standard InChI is InChI=1S/C14H18N2O2S/c1-3-14(4-2)13(17)16(9-12(15)19)10-7-5-6-8-11(10)18-14/h5-8H,3-4,9H2,1-2H3,(H2,15,19). The van der Waals surface area contributed by atoms with Gasteiger partial charge in [0.05, 0.1) is 17.2 Å². The normalized spacial score (nSPS) is 16.7. The van der Waals surface area contributed by atoms with Crippen molar-refractivity contribution in [1.29, 1.82) is 0 Å². The number of ether oxygens (including phenoxy) is 1. The molecule has 19 heavy (non-hydrogen) atoms. The summed E-state index contributed by atoms with van der Waals surface area (Å²) in [7, 11) is 0. The predicted octanol–water partition coefficient (Wildman–Crippen LogP) is 2.26. The van der Waals surface area contributed by atoms with Gasteiger partial charge in [-0.05, 0) is 25.0 Å². The van der Waals surface area contributed by atoms with E-state index in [-0.39, 0.29) is 12.5 Å². The number of anilines is 1. The smallest absolute Gasteiger partial charge is 0.271 e. The van der Waals surface area contributed by atoms with E-state index in [1.54, 1.807) is 4.90 Å². The lowest BCUT2D eigenvalue weighted by molar-refractivity contribution is -0.136. The van der Waals surface area contributed by atoms with Gasteiger partial charge < -0.3 is 10.5 Å². The zero-order valence-electron chi connectivity index (χ0n) is 11.2. The highest BCUT2D eigenvalue weighted by Crippen LogP contribution is 2.40. The van der Waals surface area contributed by atoms with E-state index < -0.39 is 5.60 Å². The van der Waals surface area contributed by atoms with Gasteiger partial charge in [-0.3, -0.25) is 9.69 Å². The monoisotopic (exact) mass is 278 g/mol. The third-order valence-corrected chi connectivity index (χ3v) is 3.68. The topological polar surface area (TPSA) is 55.6 Å². The minimum absolute atomic E-state index is 0.0657. The predicted molar refractivity (Wildman–Crippen MR) is 79.5 cm³/mol. The summed E-state index contributed by atoms with van der Waals surface area (Å²) < 4.78 is 5.97. The Morgan fingerprint density at radius 3 is 2.58 bits per heavy atom. The SMILES string of the molecule is CCC1(CC)Oc2ccccc2N(CC(N)=S)C1=O. The molecule has 1 heterocycles. The molecule has 0 unspecified atom stereocenters. The van der Waals surface area contributed by atoms with Crippen molar-refractivity contribution in [1.82, 2.24) is 0 Å². The van der Waals surface area contributed by atoms with Gasteiger partial charge in [-0.1, -0.05) is 38.2 Å². The third-order valence-electron chi connectivity index (χ3n) is 3.55. The number of hydrogen-bond acceptors (Lipinski definition) is 3. The molecule has 2 rings (SSSR count). The molecule has 0 aliphatic carbocycles. The molecule has 0 fully saturated rings. The zero-order valence-corrected chi connectivity index (χ0v) is 12.0. The maximum atomic E-state index is 12.7. The molecule has 102 valence electrons. The van der Waals surface area contributed by atoms with Crippen molar-refractivity contribution >= 4 is 28.8 Å². The van der Waals surface area contributed by atoms with Crippen molar-refractivity contribution in [3.63, 3.8) is 0 Å². The Kier molecular flexibility index (Phi) is 3.75. The number of nitrogens with zero attached hydrogens (tertiary/aromatic N) is 1. The highest BCUT2D eigenvalue weighted by Gasteiger charge is 2.45. The van der Waals surface area contributed by atoms with E-state index in [0.29, 0.717) is 23.6 Å². The second kappa shape index (κ2) is 5.17. The highest BCUT2D eigenvalue weighted by atomic mass is 32.1. The molecule has 0 saturated heterocycles. The average Bonchev–Trinajstić information content (AvgIpc) is 2.41. The fourth-order valence-corrected chi connectivity index (χ4v) is 2.51. The Balaban J connectivity index is 2.51. The summed E-state index contributed by atoms with van der Waals surface area (Å²) in [5, 5.41) is 0. The van der Waals surface area contributed by atoms with Crippen LogP contribution in [0.15, 0.2) is 24.3 Å². The summed E-state index contributed by atoms with van der Waals surface area (Å²) in [4.78, 5) is 14.6. The Hall–Kier alpha value is -1.62. The molecule has 0 atom stereocenters. The Labute approximate surface area is 118 Å². The highest BCUT2D eigenvalue weighted by molar-refractivity contribution is 7.80. The van der Waals surface area contributed by atoms with Crippen LogP contribution in [0.25, 0.3) is 0 Å². The molecule has 1 aromatic rings. The van der Waals surface area contributed by atoms with E-state index in [4.69, 9.17) is 22.7 Å². The van der Waals surface area contributed by atoms with Gasteiger partial charge in [0.2, 0.25) is 0 Å². The maximum Gasteiger partial charge on any atom is 0.271 e. The van der Waals surface area contributed by atoms with E-state index in [2.05, 4.69) is 0 Å². The second-order valence-electron chi connectivity index (χ2n) is 4.63. The molecular formula is C14H18N2O2S. The molecule has 1 aliphatic heterocycles. The first kappa shape index (κ1) is 13.8. The van der Waals surface area contributed by atoms with Gasteiger partial charge in [-0.15, -0.1) is 0 Å². The second-order valence-corrected chi connectivity index (χ2v) is 5.15. The molecule has 2 N–H and O–H groups in total. The van der Waals surface area contributed by atoms with E-state index in [9.17, 15) is 4.79 Å². The zero-order chi connectivity index (χ0) is 14.0. The number of amides is 1. The molecule has 0 spiro atoms. The summed E-state index contributed by atoms with van der Waals surface area (Å²) in [5.74, 6) is 0.644. The van der Waals surface area contributed by atoms with E-state index >= 15 is 0 Å². The Morgan fingerprint density at radius 1 is 1.37 bits per heavy atom. The van der Waals surface area contributed by atoms with E-state index in [0.717, 1.165) is 5.69 Å². The van der Waals surface area contributed by atoms with Crippen molar-refractivity contribution in [2.75, 3.05) is 11.4 Å². The number of nitrogens with two attached hydrogens (primary N) is 1. The van der Waals surface area contributed by atoms with Crippen LogP contribution >= 0.6 is 12.2 Å². The first-order valence-electron chi connectivity index (χ1n) is 6.42. The van der Waals surface area contributed by atoms with Crippen molar-refractivity contribution in [3.05, 3.63) is 24.3 Å². The van der Waals surface area contributed by atoms with Crippen molar-refractivity contribution < 1.29 is 9.53 Å². The first-order chi connectivity index (χ1) is 9.04. The minimum Gasteiger partial charge on any atom is -0.475 e. The summed E-state index contributed by atoms with van der Waals surface area (Å²) in [6.45, 7) is 4.15. The molecule has 0 radical (unpaired) electrons. The number of fused-ring (bicyclic) bond motifs is 1. The molecule has 0 aromatic heterocycles. The van der Waals surface area contributed by atoms with Crippen molar-refractivity contribution in [2.24, 2.45) is 5.73 Å². The van der Waals surface area contributed by atoms with Crippen LogP contribution < -0.4 is 15.4 Å². The molecular weight excluding hydrogens is 260 g/mol. The summed E-state index contributed by atoms with van der Waals surface area (Å²) >= 11 is 4.95. The Morgan fingerprint density at radius 2 is 2.00 bits per heavy atom. The van der Waals surface area contributed by atoms with Crippen LogP contribution in [-0.4, -0.2) is 23.0 Å². The Bertz CT molecular complexity index is 512. The van der Waals surface area contributed by atoms with Crippen molar-refractivity contribution in [2.45, 2.75) is 32.3 Å². The third kappa shape index (κ3) is 2.30. The number of hydrogen-bond donors (Lipinski definition) is 1. The van der Waals surface area contributed by atoms with Gasteiger partial charge in [0.15, 0.2) is 5.60 Å². The molecule has 0 saturated carbocycles. The number of carbonyl (C=O) groups is 1. The summed E-state index contributed by atoms with van der Waals surface area (Å²) in [5.41, 5.74) is 5.54. The van der Waals surface area contributed by atoms with Crippen LogP contribution in [0.3, 0.4) is 0 Å². The number of para-hydroxylation sites is 2. The van der Waals surface area contributed by atoms with Crippen LogP contribution in [0.4, 0.5) is 5.69 Å². The van der Waals surface area contributed by atoms with Crippen molar-refractivity contribution in [3.8, 4) is 5.75 Å². The van der Waals surface area contributed by atoms with Gasteiger partial charge in [0.25, 0.3) is 5.91 Å². The minimum atomic E-state index is -0.806. The van der Waals surface area contributed by atoms with E-state index in [1.807, 2.05) is 38.1 Å². The fraction of sp³-hybridized carbons (Fsp3) is 0.429. The quantitative estimate of drug-likeness (QED) is 0.858. The van der Waals surface area contributed by atoms with Gasteiger partial charge in [-0.2, -0.15) is 0 Å². The lowest BCUT2D eigenvalue weighted by atomic mass is 9.93. The van der Waals surface area contributed by atoms with Gasteiger partial charge >= 0.3 is 0 Å². The van der Waals surface area contributed by atoms with Gasteiger partial charge in [0, 0.05) is 0 Å². The summed E-state index contributed by atoms with van der Waals surface area (Å²) in [6, 6.07) is 7.48. The van der Waals surface area contributed by atoms with Crippen LogP contribution in [0.2, 0.25) is 0 Å². The van der Waals surface area contributed by atoms with Gasteiger partial charge in [-0.25, -0.2) is 0 Å². The first-order valence-corrected chi connectivity index (χ1v) is 6.83. The molecule has 1 aromatic carbocycles. The number of thiocarbonyl (C=S) groups is 1. The van der Waals surface area contributed by atoms with E-state index in [1.165, 1.54) is 0 Å². The molecule has 4 nitrogen and oxygen atoms in total. The van der Waals surface area contributed by atoms with Crippen LogP contribution in [-0.2, 0) is 4.79 Å². The lowest BCUT2D eigenvalue weighted by Gasteiger charge is -2.41.